The Kier molecular flexibility index (Phi) is 8.20. The van der Waals surface area contributed by atoms with E-state index < -0.39 is 3.79 Å². The first kappa shape index (κ1) is 16.0. The van der Waals surface area contributed by atoms with Crippen LogP contribution >= 0.6 is 34.8 Å². The van der Waals surface area contributed by atoms with Crippen LogP contribution in [0.3, 0.4) is 0 Å². The highest BCUT2D eigenvalue weighted by Gasteiger charge is 2.28. The molecule has 1 atom stereocenters. The van der Waals surface area contributed by atoms with Crippen molar-refractivity contribution in [3.05, 3.63) is 12.2 Å². The second-order valence-electron chi connectivity index (χ2n) is 3.32. The minimum atomic E-state index is -1.78. The lowest BCUT2D eigenvalue weighted by molar-refractivity contribution is 0.186. The van der Waals surface area contributed by atoms with Crippen LogP contribution in [0.4, 0.5) is 0 Å². The molecule has 0 unspecified atom stereocenters. The lowest BCUT2D eigenvalue weighted by Crippen LogP contribution is -2.21. The van der Waals surface area contributed by atoms with Crippen LogP contribution in [0.5, 0.6) is 0 Å². The van der Waals surface area contributed by atoms with Gasteiger partial charge in [-0.1, -0.05) is 53.9 Å². The van der Waals surface area contributed by atoms with E-state index in [4.69, 9.17) is 49.7 Å². The molecule has 0 saturated heterocycles. The minimum absolute atomic E-state index is 0.226. The van der Waals surface area contributed by atoms with Crippen LogP contribution in [0.15, 0.2) is 12.2 Å². The average Bonchev–Trinajstić information content (AvgIpc) is 2.19. The standard InChI is InChI=1S/C10H16Cl3NO2/c1-8(5-7-15-2)4-3-6-16-9(14)10(11,12)13/h3-4,8,14H,5-7H2,1-2H3/b4-3+,14-9?/t8-/m0/s1. The summed E-state index contributed by atoms with van der Waals surface area (Å²) < 4.78 is 8.10. The number of methoxy groups -OCH3 is 1. The maximum absolute atomic E-state index is 7.26. The molecule has 0 aliphatic rings. The van der Waals surface area contributed by atoms with Crippen molar-refractivity contribution in [2.45, 2.75) is 17.1 Å². The molecule has 0 aliphatic carbocycles. The van der Waals surface area contributed by atoms with Crippen molar-refractivity contribution < 1.29 is 9.47 Å². The minimum Gasteiger partial charge on any atom is -0.474 e. The number of hydrogen-bond donors (Lipinski definition) is 1. The molecular weight excluding hydrogens is 272 g/mol. The maximum Gasteiger partial charge on any atom is 0.265 e. The summed E-state index contributed by atoms with van der Waals surface area (Å²) in [5.41, 5.74) is 0. The molecule has 0 rings (SSSR count). The quantitative estimate of drug-likeness (QED) is 0.351. The van der Waals surface area contributed by atoms with Crippen molar-refractivity contribution in [2.75, 3.05) is 20.3 Å². The Morgan fingerprint density at radius 2 is 2.06 bits per heavy atom. The van der Waals surface area contributed by atoms with E-state index in [1.165, 1.54) is 0 Å². The summed E-state index contributed by atoms with van der Waals surface area (Å²) in [7, 11) is 1.67. The van der Waals surface area contributed by atoms with E-state index in [0.717, 1.165) is 13.0 Å². The molecule has 0 saturated carbocycles. The maximum atomic E-state index is 7.26. The van der Waals surface area contributed by atoms with Crippen LogP contribution in [-0.2, 0) is 9.47 Å². The lowest BCUT2D eigenvalue weighted by Gasteiger charge is -2.12. The first-order chi connectivity index (χ1) is 7.38. The number of ether oxygens (including phenoxy) is 2. The zero-order valence-corrected chi connectivity index (χ0v) is 11.6. The van der Waals surface area contributed by atoms with E-state index in [2.05, 4.69) is 6.92 Å². The number of alkyl halides is 3. The normalized spacial score (nSPS) is 14.1. The van der Waals surface area contributed by atoms with E-state index in [-0.39, 0.29) is 12.5 Å². The van der Waals surface area contributed by atoms with E-state index in [1.54, 1.807) is 13.2 Å². The summed E-state index contributed by atoms with van der Waals surface area (Å²) in [5.74, 6) is 0.0252. The van der Waals surface area contributed by atoms with Crippen molar-refractivity contribution in [3.8, 4) is 0 Å². The molecule has 0 bridgehead atoms. The first-order valence-corrected chi connectivity index (χ1v) is 5.95. The Labute approximate surface area is 111 Å². The summed E-state index contributed by atoms with van der Waals surface area (Å²) in [4.78, 5) is 0. The highest BCUT2D eigenvalue weighted by molar-refractivity contribution is 6.76. The molecule has 0 spiro atoms. The summed E-state index contributed by atoms with van der Waals surface area (Å²) in [6.45, 7) is 3.01. The van der Waals surface area contributed by atoms with Gasteiger partial charge in [-0.2, -0.15) is 0 Å². The van der Waals surface area contributed by atoms with Crippen LogP contribution in [0.25, 0.3) is 0 Å². The smallest absolute Gasteiger partial charge is 0.265 e. The van der Waals surface area contributed by atoms with Crippen LogP contribution in [0.1, 0.15) is 13.3 Å². The highest BCUT2D eigenvalue weighted by atomic mass is 35.6. The Bertz CT molecular complexity index is 239. The number of nitrogens with one attached hydrogen (secondary N) is 1. The number of hydrogen-bond acceptors (Lipinski definition) is 3. The fraction of sp³-hybridized carbons (Fsp3) is 0.700. The van der Waals surface area contributed by atoms with Gasteiger partial charge >= 0.3 is 0 Å². The van der Waals surface area contributed by atoms with Crippen LogP contribution in [0, 0.1) is 11.3 Å². The van der Waals surface area contributed by atoms with Gasteiger partial charge in [0.15, 0.2) is 0 Å². The van der Waals surface area contributed by atoms with E-state index in [1.807, 2.05) is 6.08 Å². The topological polar surface area (TPSA) is 42.3 Å². The molecule has 94 valence electrons. The van der Waals surface area contributed by atoms with Crippen molar-refractivity contribution >= 4 is 40.7 Å². The summed E-state index contributed by atoms with van der Waals surface area (Å²) in [5, 5.41) is 7.26. The lowest BCUT2D eigenvalue weighted by atomic mass is 10.1. The third-order valence-corrected chi connectivity index (χ3v) is 2.34. The molecule has 0 aromatic heterocycles. The van der Waals surface area contributed by atoms with E-state index >= 15 is 0 Å². The molecule has 0 radical (unpaired) electrons. The second kappa shape index (κ2) is 8.18. The van der Waals surface area contributed by atoms with Crippen LogP contribution < -0.4 is 0 Å². The molecule has 6 heteroatoms. The first-order valence-electron chi connectivity index (χ1n) is 4.82. The number of allylic oxidation sites excluding steroid dienone is 1. The predicted octanol–water partition coefficient (Wildman–Crippen LogP) is 3.58. The zero-order chi connectivity index (χ0) is 12.6. The fourth-order valence-electron chi connectivity index (χ4n) is 0.901. The molecule has 0 aliphatic heterocycles. The Morgan fingerprint density at radius 3 is 2.56 bits per heavy atom. The molecule has 16 heavy (non-hydrogen) atoms. The van der Waals surface area contributed by atoms with Crippen LogP contribution in [-0.4, -0.2) is 30.0 Å². The Morgan fingerprint density at radius 1 is 1.44 bits per heavy atom. The van der Waals surface area contributed by atoms with Gasteiger partial charge < -0.3 is 9.47 Å². The average molecular weight is 289 g/mol. The van der Waals surface area contributed by atoms with E-state index in [0.29, 0.717) is 5.92 Å². The number of halogens is 3. The van der Waals surface area contributed by atoms with Crippen LogP contribution in [0.2, 0.25) is 0 Å². The van der Waals surface area contributed by atoms with Gasteiger partial charge in [0.05, 0.1) is 0 Å². The Hall–Kier alpha value is 0.0400. The predicted molar refractivity (Wildman–Crippen MR) is 68.8 cm³/mol. The molecular formula is C10H16Cl3NO2. The molecule has 1 N–H and O–H groups in total. The summed E-state index contributed by atoms with van der Waals surface area (Å²) in [6.07, 6.45) is 4.71. The van der Waals surface area contributed by atoms with Gasteiger partial charge in [-0.05, 0) is 12.3 Å². The van der Waals surface area contributed by atoms with Crippen molar-refractivity contribution in [3.63, 3.8) is 0 Å². The molecule has 3 nitrogen and oxygen atoms in total. The molecule has 0 fully saturated rings. The van der Waals surface area contributed by atoms with Gasteiger partial charge in [-0.15, -0.1) is 0 Å². The summed E-state index contributed by atoms with van der Waals surface area (Å²) >= 11 is 16.3. The Balaban J connectivity index is 3.73. The van der Waals surface area contributed by atoms with Gasteiger partial charge in [0.1, 0.15) is 6.61 Å². The van der Waals surface area contributed by atoms with E-state index in [9.17, 15) is 0 Å². The van der Waals surface area contributed by atoms with Gasteiger partial charge in [0.25, 0.3) is 3.79 Å². The zero-order valence-electron chi connectivity index (χ0n) is 9.30. The molecule has 0 aromatic carbocycles. The van der Waals surface area contributed by atoms with Crippen molar-refractivity contribution in [1.82, 2.24) is 0 Å². The summed E-state index contributed by atoms with van der Waals surface area (Å²) in [6, 6.07) is 0. The monoisotopic (exact) mass is 287 g/mol. The SMILES string of the molecule is COCC[C@@H](C)/C=C/COC(=N)C(Cl)(Cl)Cl. The fourth-order valence-corrected chi connectivity index (χ4v) is 1.06. The van der Waals surface area contributed by atoms with Gasteiger partial charge in [-0.3, -0.25) is 5.41 Å². The van der Waals surface area contributed by atoms with Crippen molar-refractivity contribution in [2.24, 2.45) is 5.92 Å². The van der Waals surface area contributed by atoms with Gasteiger partial charge in [0.2, 0.25) is 5.90 Å². The molecule has 0 amide bonds. The highest BCUT2D eigenvalue weighted by Crippen LogP contribution is 2.27. The second-order valence-corrected chi connectivity index (χ2v) is 5.61. The number of rotatable bonds is 6. The largest absolute Gasteiger partial charge is 0.474 e. The third-order valence-electron chi connectivity index (χ3n) is 1.82. The molecule has 0 heterocycles. The van der Waals surface area contributed by atoms with Gasteiger partial charge in [-0.25, -0.2) is 0 Å². The third kappa shape index (κ3) is 8.22. The van der Waals surface area contributed by atoms with Crippen molar-refractivity contribution in [1.29, 1.82) is 5.41 Å². The molecule has 0 aromatic rings. The van der Waals surface area contributed by atoms with Gasteiger partial charge in [0, 0.05) is 13.7 Å².